The maximum Gasteiger partial charge on any atom is 0.228 e. The second-order valence-electron chi connectivity index (χ2n) is 9.58. The average Bonchev–Trinajstić information content (AvgIpc) is 3.43. The smallest absolute Gasteiger partial charge is 0.228 e. The quantitative estimate of drug-likeness (QED) is 0.181. The molecule has 0 spiro atoms. The van der Waals surface area contributed by atoms with Crippen molar-refractivity contribution in [2.45, 2.75) is 19.4 Å². The Morgan fingerprint density at radius 2 is 1.73 bits per heavy atom. The summed E-state index contributed by atoms with van der Waals surface area (Å²) in [5.41, 5.74) is 5.41. The van der Waals surface area contributed by atoms with E-state index >= 15 is 0 Å². The Bertz CT molecular complexity index is 1880. The molecule has 1 aliphatic heterocycles. The third kappa shape index (κ3) is 4.10. The normalized spacial score (nSPS) is 14.4. The standard InChI is InChI=1S/C32H25N5O3/c1-20(21-8-4-3-5-9-21)36-39-18-27-34-31-30-28(23-12-15-24(38-2)16-13-23)29-25-11-7-6-10-22(25)14-17-26(29)40-32(30)33-19-37(31)35-27/h3-17,19,28H,18H2,1-2H3/b36-20+/t28-/m0/s1. The molecule has 1 atom stereocenters. The fourth-order valence-electron chi connectivity index (χ4n) is 5.26. The third-order valence-corrected chi connectivity index (χ3v) is 7.18. The van der Waals surface area contributed by atoms with Crippen molar-refractivity contribution in [2.75, 3.05) is 7.11 Å². The molecule has 0 amide bonds. The zero-order chi connectivity index (χ0) is 27.1. The highest BCUT2D eigenvalue weighted by atomic mass is 16.6. The number of hydrogen-bond acceptors (Lipinski definition) is 7. The summed E-state index contributed by atoms with van der Waals surface area (Å²) in [6.07, 6.45) is 1.63. The maximum atomic E-state index is 6.39. The fourth-order valence-corrected chi connectivity index (χ4v) is 5.26. The van der Waals surface area contributed by atoms with Gasteiger partial charge in [-0.2, -0.15) is 0 Å². The zero-order valence-electron chi connectivity index (χ0n) is 22.0. The number of hydrogen-bond donors (Lipinski definition) is 0. The lowest BCUT2D eigenvalue weighted by Crippen LogP contribution is -2.15. The molecule has 0 aliphatic carbocycles. The number of benzene rings is 4. The minimum atomic E-state index is -0.191. The van der Waals surface area contributed by atoms with Gasteiger partial charge in [0.05, 0.1) is 18.4 Å². The van der Waals surface area contributed by atoms with E-state index in [0.29, 0.717) is 17.4 Å². The van der Waals surface area contributed by atoms with E-state index in [4.69, 9.17) is 19.3 Å². The molecule has 8 heteroatoms. The summed E-state index contributed by atoms with van der Waals surface area (Å²) >= 11 is 0. The second-order valence-corrected chi connectivity index (χ2v) is 9.58. The van der Waals surface area contributed by atoms with Crippen LogP contribution in [0.1, 0.15) is 40.9 Å². The van der Waals surface area contributed by atoms with Crippen molar-refractivity contribution >= 4 is 22.1 Å². The topological polar surface area (TPSA) is 83.1 Å². The fraction of sp³-hybridized carbons (Fsp3) is 0.125. The summed E-state index contributed by atoms with van der Waals surface area (Å²) in [5, 5.41) is 11.1. The van der Waals surface area contributed by atoms with E-state index in [1.165, 1.54) is 0 Å². The Morgan fingerprint density at radius 1 is 0.925 bits per heavy atom. The lowest BCUT2D eigenvalue weighted by atomic mass is 9.81. The molecule has 0 bridgehead atoms. The highest BCUT2D eigenvalue weighted by Gasteiger charge is 2.34. The highest BCUT2D eigenvalue weighted by Crippen LogP contribution is 2.50. The van der Waals surface area contributed by atoms with Gasteiger partial charge >= 0.3 is 0 Å². The Hall–Kier alpha value is -5.24. The lowest BCUT2D eigenvalue weighted by Gasteiger charge is -2.29. The number of nitrogens with zero attached hydrogens (tertiary/aromatic N) is 5. The van der Waals surface area contributed by atoms with Crippen LogP contribution in [0, 0.1) is 0 Å². The number of aromatic nitrogens is 4. The van der Waals surface area contributed by atoms with Gasteiger partial charge in [0.2, 0.25) is 5.88 Å². The summed E-state index contributed by atoms with van der Waals surface area (Å²) in [6, 6.07) is 30.4. The first-order valence-electron chi connectivity index (χ1n) is 13.0. The van der Waals surface area contributed by atoms with E-state index in [1.807, 2.05) is 67.6 Å². The number of fused-ring (bicyclic) bond motifs is 6. The van der Waals surface area contributed by atoms with Gasteiger partial charge in [-0.25, -0.2) is 14.5 Å². The monoisotopic (exact) mass is 527 g/mol. The van der Waals surface area contributed by atoms with Gasteiger partial charge in [0.25, 0.3) is 0 Å². The molecule has 40 heavy (non-hydrogen) atoms. The minimum absolute atomic E-state index is 0.119. The molecule has 7 rings (SSSR count). The van der Waals surface area contributed by atoms with Crippen molar-refractivity contribution in [3.63, 3.8) is 0 Å². The number of ether oxygens (including phenoxy) is 2. The van der Waals surface area contributed by atoms with Crippen molar-refractivity contribution in [1.29, 1.82) is 0 Å². The van der Waals surface area contributed by atoms with E-state index in [1.54, 1.807) is 18.0 Å². The van der Waals surface area contributed by atoms with E-state index in [-0.39, 0.29) is 12.5 Å². The molecule has 0 radical (unpaired) electrons. The van der Waals surface area contributed by atoms with Gasteiger partial charge in [0.1, 0.15) is 17.8 Å². The van der Waals surface area contributed by atoms with Crippen LogP contribution >= 0.6 is 0 Å². The molecular weight excluding hydrogens is 502 g/mol. The van der Waals surface area contributed by atoms with Gasteiger partial charge in [-0.1, -0.05) is 78.0 Å². The van der Waals surface area contributed by atoms with E-state index in [9.17, 15) is 0 Å². The zero-order valence-corrected chi connectivity index (χ0v) is 22.0. The first-order chi connectivity index (χ1) is 19.7. The number of methoxy groups -OCH3 is 1. The molecule has 3 heterocycles. The molecule has 0 unspecified atom stereocenters. The summed E-state index contributed by atoms with van der Waals surface area (Å²) in [5.74, 6) is 2.38. The third-order valence-electron chi connectivity index (χ3n) is 7.18. The van der Waals surface area contributed by atoms with Crippen LogP contribution in [0.2, 0.25) is 0 Å². The largest absolute Gasteiger partial charge is 0.497 e. The van der Waals surface area contributed by atoms with Crippen LogP contribution in [-0.2, 0) is 11.4 Å². The Kier molecular flexibility index (Phi) is 5.85. The van der Waals surface area contributed by atoms with E-state index < -0.39 is 0 Å². The SMILES string of the molecule is COc1ccc([C@H]2c3c(ccc4ccccc34)Oc3ncn4nc(CO/N=C(\C)c5ccccc5)nc4c32)cc1. The van der Waals surface area contributed by atoms with Gasteiger partial charge < -0.3 is 14.3 Å². The molecule has 196 valence electrons. The van der Waals surface area contributed by atoms with Crippen LogP contribution in [0.15, 0.2) is 102 Å². The lowest BCUT2D eigenvalue weighted by molar-refractivity contribution is 0.125. The molecule has 6 aromatic rings. The summed E-state index contributed by atoms with van der Waals surface area (Å²) in [4.78, 5) is 15.2. The van der Waals surface area contributed by atoms with Crippen LogP contribution in [0.3, 0.4) is 0 Å². The van der Waals surface area contributed by atoms with Crippen molar-refractivity contribution in [3.05, 3.63) is 125 Å². The van der Waals surface area contributed by atoms with Crippen LogP contribution in [0.4, 0.5) is 0 Å². The molecule has 2 aromatic heterocycles. The molecule has 0 saturated heterocycles. The van der Waals surface area contributed by atoms with Gasteiger partial charge in [-0.05, 0) is 47.0 Å². The summed E-state index contributed by atoms with van der Waals surface area (Å²) < 4.78 is 13.5. The van der Waals surface area contributed by atoms with Crippen molar-refractivity contribution in [1.82, 2.24) is 19.6 Å². The first-order valence-corrected chi connectivity index (χ1v) is 13.0. The molecule has 0 saturated carbocycles. The van der Waals surface area contributed by atoms with Crippen molar-refractivity contribution in [2.24, 2.45) is 5.16 Å². The molecule has 4 aromatic carbocycles. The highest BCUT2D eigenvalue weighted by molar-refractivity contribution is 5.98. The number of rotatable bonds is 6. The summed E-state index contributed by atoms with van der Waals surface area (Å²) in [7, 11) is 1.67. The van der Waals surface area contributed by atoms with Crippen molar-refractivity contribution < 1.29 is 14.3 Å². The van der Waals surface area contributed by atoms with Crippen molar-refractivity contribution in [3.8, 4) is 17.4 Å². The number of oxime groups is 1. The van der Waals surface area contributed by atoms with Gasteiger partial charge in [0.15, 0.2) is 18.1 Å². The van der Waals surface area contributed by atoms with Gasteiger partial charge in [-0.3, -0.25) is 0 Å². The molecular formula is C32H25N5O3. The van der Waals surface area contributed by atoms with Crippen LogP contribution in [0.25, 0.3) is 16.4 Å². The Balaban J connectivity index is 1.33. The molecule has 8 nitrogen and oxygen atoms in total. The maximum absolute atomic E-state index is 6.39. The summed E-state index contributed by atoms with van der Waals surface area (Å²) in [6.45, 7) is 2.03. The van der Waals surface area contributed by atoms with Crippen LogP contribution in [0.5, 0.6) is 17.4 Å². The van der Waals surface area contributed by atoms with Gasteiger partial charge in [-0.15, -0.1) is 5.10 Å². The van der Waals surface area contributed by atoms with E-state index in [2.05, 4.69) is 45.6 Å². The molecule has 1 aliphatic rings. The second kappa shape index (κ2) is 9.81. The Morgan fingerprint density at radius 3 is 2.55 bits per heavy atom. The van der Waals surface area contributed by atoms with Gasteiger partial charge in [0, 0.05) is 11.5 Å². The van der Waals surface area contributed by atoms with Crippen LogP contribution < -0.4 is 9.47 Å². The van der Waals surface area contributed by atoms with Crippen LogP contribution in [-0.4, -0.2) is 32.4 Å². The first kappa shape index (κ1) is 23.8. The predicted octanol–water partition coefficient (Wildman–Crippen LogP) is 6.51. The predicted molar refractivity (Wildman–Crippen MR) is 152 cm³/mol. The molecule has 0 N–H and O–H groups in total. The van der Waals surface area contributed by atoms with E-state index in [0.717, 1.165) is 50.2 Å². The average molecular weight is 528 g/mol. The minimum Gasteiger partial charge on any atom is -0.497 e. The Labute approximate surface area is 230 Å². The molecule has 0 fully saturated rings.